The number of fused-ring (bicyclic) bond motifs is 1. The molecule has 6 nitrogen and oxygen atoms in total. The van der Waals surface area contributed by atoms with Gasteiger partial charge in [0.1, 0.15) is 5.60 Å². The Hall–Kier alpha value is -2.89. The normalized spacial score (nSPS) is 16.0. The lowest BCUT2D eigenvalue weighted by Crippen LogP contribution is -2.52. The topological polar surface area (TPSA) is 68.5 Å². The van der Waals surface area contributed by atoms with Crippen LogP contribution in [-0.2, 0) is 10.3 Å². The van der Waals surface area contributed by atoms with E-state index in [1.54, 1.807) is 10.7 Å². The van der Waals surface area contributed by atoms with Crippen molar-refractivity contribution in [2.45, 2.75) is 51.2 Å². The van der Waals surface area contributed by atoms with Gasteiger partial charge in [-0.15, -0.1) is 0 Å². The minimum Gasteiger partial charge on any atom is -0.444 e. The molecule has 1 aliphatic carbocycles. The average Bonchev–Trinajstić information content (AvgIpc) is 3.04. The van der Waals surface area contributed by atoms with Crippen molar-refractivity contribution in [3.05, 3.63) is 54.5 Å². The van der Waals surface area contributed by atoms with Crippen LogP contribution in [0, 0.1) is 0 Å². The van der Waals surface area contributed by atoms with Gasteiger partial charge in [-0.2, -0.15) is 5.10 Å². The zero-order valence-corrected chi connectivity index (χ0v) is 15.9. The molecular weight excluding hydrogens is 340 g/mol. The number of alkyl carbamates (subject to hydrolysis) is 1. The van der Waals surface area contributed by atoms with Crippen molar-refractivity contribution in [1.82, 2.24) is 19.9 Å². The molecule has 1 aliphatic rings. The first-order valence-corrected chi connectivity index (χ1v) is 9.26. The number of ether oxygens (including phenoxy) is 1. The Labute approximate surface area is 158 Å². The molecule has 6 heteroatoms. The third-order valence-corrected chi connectivity index (χ3v) is 4.96. The Morgan fingerprint density at radius 2 is 1.89 bits per heavy atom. The van der Waals surface area contributed by atoms with E-state index in [9.17, 15) is 4.79 Å². The van der Waals surface area contributed by atoms with Crippen LogP contribution >= 0.6 is 0 Å². The number of aromatic nitrogens is 3. The maximum atomic E-state index is 12.3. The van der Waals surface area contributed by atoms with Gasteiger partial charge in [-0.05, 0) is 51.2 Å². The third-order valence-electron chi connectivity index (χ3n) is 4.96. The fraction of sp³-hybridized carbons (Fsp3) is 0.381. The predicted octanol–water partition coefficient (Wildman–Crippen LogP) is 4.30. The van der Waals surface area contributed by atoms with E-state index in [1.807, 2.05) is 39.2 Å². The van der Waals surface area contributed by atoms with Gasteiger partial charge in [0.05, 0.1) is 11.7 Å². The molecule has 4 rings (SSSR count). The Balaban J connectivity index is 1.55. The van der Waals surface area contributed by atoms with E-state index < -0.39 is 5.60 Å². The molecule has 2 heterocycles. The summed E-state index contributed by atoms with van der Waals surface area (Å²) < 4.78 is 7.21. The van der Waals surface area contributed by atoms with Crippen molar-refractivity contribution < 1.29 is 9.53 Å². The van der Waals surface area contributed by atoms with Crippen LogP contribution in [0.25, 0.3) is 16.8 Å². The molecule has 0 unspecified atom stereocenters. The lowest BCUT2D eigenvalue weighted by molar-refractivity contribution is 0.0377. The number of hydrogen-bond donors (Lipinski definition) is 1. The maximum Gasteiger partial charge on any atom is 0.408 e. The van der Waals surface area contributed by atoms with E-state index in [-0.39, 0.29) is 11.6 Å². The number of benzene rings is 1. The quantitative estimate of drug-likeness (QED) is 0.752. The first-order chi connectivity index (χ1) is 12.8. The molecule has 2 aromatic heterocycles. The van der Waals surface area contributed by atoms with Crippen molar-refractivity contribution in [3.8, 4) is 11.1 Å². The Kier molecular flexibility index (Phi) is 4.13. The first kappa shape index (κ1) is 17.5. The standard InChI is InChI=1S/C21H24N4O2/c1-20(2,3)27-19(26)24-21(10-4-11-21)17-7-5-15(6-8-17)16-13-22-18-9-12-23-25(18)14-16/h5-9,12-14H,4,10-11H2,1-3H3,(H,24,26). The molecule has 140 valence electrons. The van der Waals surface area contributed by atoms with Crippen molar-refractivity contribution in [2.75, 3.05) is 0 Å². The maximum absolute atomic E-state index is 12.3. The smallest absolute Gasteiger partial charge is 0.408 e. The van der Waals surface area contributed by atoms with Crippen LogP contribution in [0.3, 0.4) is 0 Å². The highest BCUT2D eigenvalue weighted by Gasteiger charge is 2.41. The summed E-state index contributed by atoms with van der Waals surface area (Å²) in [5.41, 5.74) is 3.17. The summed E-state index contributed by atoms with van der Waals surface area (Å²) in [5, 5.41) is 7.33. The molecule has 0 spiro atoms. The molecule has 0 radical (unpaired) electrons. The summed E-state index contributed by atoms with van der Waals surface area (Å²) in [6, 6.07) is 10.2. The van der Waals surface area contributed by atoms with Crippen LogP contribution < -0.4 is 5.32 Å². The van der Waals surface area contributed by atoms with Gasteiger partial charge < -0.3 is 10.1 Å². The van der Waals surface area contributed by atoms with Crippen LogP contribution in [0.4, 0.5) is 4.79 Å². The zero-order valence-electron chi connectivity index (χ0n) is 15.9. The highest BCUT2D eigenvalue weighted by molar-refractivity contribution is 5.70. The van der Waals surface area contributed by atoms with Gasteiger partial charge >= 0.3 is 6.09 Å². The lowest BCUT2D eigenvalue weighted by atomic mass is 9.71. The Bertz CT molecular complexity index is 966. The molecule has 0 bridgehead atoms. The van der Waals surface area contributed by atoms with Gasteiger partial charge in [0.15, 0.2) is 5.65 Å². The highest BCUT2D eigenvalue weighted by Crippen LogP contribution is 2.42. The fourth-order valence-electron chi connectivity index (χ4n) is 3.46. The molecule has 1 fully saturated rings. The highest BCUT2D eigenvalue weighted by atomic mass is 16.6. The van der Waals surface area contributed by atoms with Crippen molar-refractivity contribution in [1.29, 1.82) is 0 Å². The van der Waals surface area contributed by atoms with Gasteiger partial charge in [0.25, 0.3) is 0 Å². The van der Waals surface area contributed by atoms with Crippen LogP contribution in [-0.4, -0.2) is 26.3 Å². The number of nitrogens with zero attached hydrogens (tertiary/aromatic N) is 3. The molecule has 3 aromatic rings. The number of carbonyl (C=O) groups is 1. The molecular formula is C21H24N4O2. The second-order valence-electron chi connectivity index (χ2n) is 8.12. The Morgan fingerprint density at radius 3 is 2.52 bits per heavy atom. The van der Waals surface area contributed by atoms with Gasteiger partial charge in [0.2, 0.25) is 0 Å². The summed E-state index contributed by atoms with van der Waals surface area (Å²) in [4.78, 5) is 16.7. The number of rotatable bonds is 3. The SMILES string of the molecule is CC(C)(C)OC(=O)NC1(c2ccc(-c3cnc4ccnn4c3)cc2)CCC1. The number of amides is 1. The molecule has 1 amide bonds. The van der Waals surface area contributed by atoms with E-state index >= 15 is 0 Å². The van der Waals surface area contributed by atoms with E-state index in [1.165, 1.54) is 0 Å². The Morgan fingerprint density at radius 1 is 1.15 bits per heavy atom. The van der Waals surface area contributed by atoms with E-state index in [2.05, 4.69) is 39.7 Å². The van der Waals surface area contributed by atoms with Crippen molar-refractivity contribution in [3.63, 3.8) is 0 Å². The molecule has 1 saturated carbocycles. The van der Waals surface area contributed by atoms with E-state index in [4.69, 9.17) is 4.74 Å². The van der Waals surface area contributed by atoms with Crippen molar-refractivity contribution in [2.24, 2.45) is 0 Å². The van der Waals surface area contributed by atoms with Gasteiger partial charge in [-0.1, -0.05) is 24.3 Å². The minimum absolute atomic E-state index is 0.328. The summed E-state index contributed by atoms with van der Waals surface area (Å²) in [6.45, 7) is 5.62. The summed E-state index contributed by atoms with van der Waals surface area (Å²) in [7, 11) is 0. The molecule has 27 heavy (non-hydrogen) atoms. The van der Waals surface area contributed by atoms with Gasteiger partial charge in [-0.3, -0.25) is 0 Å². The average molecular weight is 364 g/mol. The van der Waals surface area contributed by atoms with E-state index in [0.29, 0.717) is 0 Å². The predicted molar refractivity (Wildman–Crippen MR) is 103 cm³/mol. The van der Waals surface area contributed by atoms with Gasteiger partial charge in [0, 0.05) is 24.0 Å². The largest absolute Gasteiger partial charge is 0.444 e. The molecule has 0 saturated heterocycles. The fourth-order valence-corrected chi connectivity index (χ4v) is 3.46. The van der Waals surface area contributed by atoms with Gasteiger partial charge in [-0.25, -0.2) is 14.3 Å². The van der Waals surface area contributed by atoms with Crippen LogP contribution in [0.5, 0.6) is 0 Å². The number of nitrogens with one attached hydrogen (secondary N) is 1. The summed E-state index contributed by atoms with van der Waals surface area (Å²) >= 11 is 0. The summed E-state index contributed by atoms with van der Waals surface area (Å²) in [6.07, 6.45) is 8.13. The third kappa shape index (κ3) is 3.52. The second kappa shape index (κ2) is 6.37. The monoisotopic (exact) mass is 364 g/mol. The molecule has 0 atom stereocenters. The molecule has 1 N–H and O–H groups in total. The van der Waals surface area contributed by atoms with Crippen LogP contribution in [0.2, 0.25) is 0 Å². The molecule has 0 aliphatic heterocycles. The first-order valence-electron chi connectivity index (χ1n) is 9.26. The lowest BCUT2D eigenvalue weighted by Gasteiger charge is -2.43. The number of hydrogen-bond acceptors (Lipinski definition) is 4. The van der Waals surface area contributed by atoms with Crippen LogP contribution in [0.1, 0.15) is 45.6 Å². The zero-order chi connectivity index (χ0) is 19.1. The number of carbonyl (C=O) groups excluding carboxylic acids is 1. The van der Waals surface area contributed by atoms with Crippen molar-refractivity contribution >= 4 is 11.7 Å². The minimum atomic E-state index is -0.503. The van der Waals surface area contributed by atoms with E-state index in [0.717, 1.165) is 41.6 Å². The summed E-state index contributed by atoms with van der Waals surface area (Å²) in [5.74, 6) is 0. The second-order valence-corrected chi connectivity index (χ2v) is 8.12. The molecule has 1 aromatic carbocycles. The van der Waals surface area contributed by atoms with Crippen LogP contribution in [0.15, 0.2) is 48.9 Å².